The summed E-state index contributed by atoms with van der Waals surface area (Å²) in [6.45, 7) is 0. The minimum Gasteiger partial charge on any atom is -0.502 e. The number of nitro benzene ring substituents is 1. The smallest absolute Gasteiger partial charge is 0.312 e. The molecule has 0 aromatic heterocycles. The van der Waals surface area contributed by atoms with E-state index in [0.717, 1.165) is 6.07 Å². The number of hydrogen-bond donors (Lipinski definition) is 3. The summed E-state index contributed by atoms with van der Waals surface area (Å²) in [5, 5.41) is 26.8. The Labute approximate surface area is 129 Å². The minimum absolute atomic E-state index is 0.0920. The van der Waals surface area contributed by atoms with Crippen molar-refractivity contribution in [3.8, 4) is 5.75 Å². The van der Waals surface area contributed by atoms with E-state index in [0.29, 0.717) is 11.3 Å². The van der Waals surface area contributed by atoms with Gasteiger partial charge in [-0.05, 0) is 18.2 Å². The van der Waals surface area contributed by atoms with Gasteiger partial charge in [-0.15, -0.1) is 0 Å². The minimum atomic E-state index is -0.820. The van der Waals surface area contributed by atoms with Crippen LogP contribution < -0.4 is 10.6 Å². The van der Waals surface area contributed by atoms with Gasteiger partial charge in [0.25, 0.3) is 5.91 Å². The molecule has 0 unspecified atom stereocenters. The largest absolute Gasteiger partial charge is 0.502 e. The summed E-state index contributed by atoms with van der Waals surface area (Å²) in [5.74, 6) is -0.882. The molecule has 0 bridgehead atoms. The third-order valence-electron chi connectivity index (χ3n) is 3.34. The normalized spacial score (nSPS) is 16.4. The number of phenolic OH excluding ortho intramolecular Hbond substituents is 1. The van der Waals surface area contributed by atoms with E-state index in [1.54, 1.807) is 24.3 Å². The molecule has 2 aromatic carbocycles. The van der Waals surface area contributed by atoms with Crippen molar-refractivity contribution in [2.45, 2.75) is 6.17 Å². The molecule has 22 heavy (non-hydrogen) atoms. The maximum absolute atomic E-state index is 12.1. The van der Waals surface area contributed by atoms with Crippen LogP contribution in [-0.4, -0.2) is 15.9 Å². The summed E-state index contributed by atoms with van der Waals surface area (Å²) in [7, 11) is 0. The average Bonchev–Trinajstić information content (AvgIpc) is 2.49. The quantitative estimate of drug-likeness (QED) is 0.583. The number of hydrogen-bond acceptors (Lipinski definition) is 5. The predicted octanol–water partition coefficient (Wildman–Crippen LogP) is 2.81. The van der Waals surface area contributed by atoms with Crippen LogP contribution in [0, 0.1) is 10.1 Å². The molecule has 7 nitrogen and oxygen atoms in total. The lowest BCUT2D eigenvalue weighted by atomic mass is 10.0. The lowest BCUT2D eigenvalue weighted by molar-refractivity contribution is -0.385. The lowest BCUT2D eigenvalue weighted by Crippen LogP contribution is -2.38. The van der Waals surface area contributed by atoms with Gasteiger partial charge < -0.3 is 15.7 Å². The number of aromatic hydroxyl groups is 1. The average molecular weight is 320 g/mol. The van der Waals surface area contributed by atoms with E-state index >= 15 is 0 Å². The van der Waals surface area contributed by atoms with Crippen molar-refractivity contribution in [3.05, 3.63) is 62.7 Å². The van der Waals surface area contributed by atoms with Gasteiger partial charge in [-0.2, -0.15) is 0 Å². The van der Waals surface area contributed by atoms with Crippen LogP contribution in [0.5, 0.6) is 5.75 Å². The van der Waals surface area contributed by atoms with Gasteiger partial charge in [0.2, 0.25) is 5.75 Å². The maximum atomic E-state index is 12.1. The summed E-state index contributed by atoms with van der Waals surface area (Å²) in [4.78, 5) is 22.3. The summed E-state index contributed by atoms with van der Waals surface area (Å²) in [6, 6.07) is 9.25. The number of nitro groups is 1. The Balaban J connectivity index is 2.07. The molecule has 1 aliphatic heterocycles. The first-order valence-electron chi connectivity index (χ1n) is 6.30. The van der Waals surface area contributed by atoms with E-state index in [4.69, 9.17) is 11.6 Å². The van der Waals surface area contributed by atoms with Gasteiger partial charge in [0.15, 0.2) is 0 Å². The highest BCUT2D eigenvalue weighted by atomic mass is 35.5. The van der Waals surface area contributed by atoms with Crippen LogP contribution in [0.3, 0.4) is 0 Å². The molecule has 0 saturated heterocycles. The van der Waals surface area contributed by atoms with E-state index in [2.05, 4.69) is 10.6 Å². The molecule has 0 fully saturated rings. The van der Waals surface area contributed by atoms with Crippen LogP contribution in [0.2, 0.25) is 5.02 Å². The Morgan fingerprint density at radius 3 is 2.68 bits per heavy atom. The van der Waals surface area contributed by atoms with Gasteiger partial charge in [-0.1, -0.05) is 23.7 Å². The zero-order chi connectivity index (χ0) is 15.9. The SMILES string of the molecule is O=C1N[C@H](c2cc(Cl)cc([N+](=O)[O-])c2O)Nc2ccccc21. The fraction of sp³-hybridized carbons (Fsp3) is 0.0714. The predicted molar refractivity (Wildman–Crippen MR) is 80.0 cm³/mol. The zero-order valence-corrected chi connectivity index (χ0v) is 11.8. The third kappa shape index (κ3) is 2.31. The molecule has 1 aliphatic rings. The van der Waals surface area contributed by atoms with Crippen molar-refractivity contribution in [2.24, 2.45) is 0 Å². The van der Waals surface area contributed by atoms with Crippen LogP contribution in [-0.2, 0) is 0 Å². The topological polar surface area (TPSA) is 104 Å². The Bertz CT molecular complexity index is 794. The summed E-state index contributed by atoms with van der Waals surface area (Å²) >= 11 is 5.87. The number of rotatable bonds is 2. The second-order valence-electron chi connectivity index (χ2n) is 4.72. The van der Waals surface area contributed by atoms with Gasteiger partial charge in [0.1, 0.15) is 6.17 Å². The van der Waals surface area contributed by atoms with Gasteiger partial charge in [-0.25, -0.2) is 0 Å². The molecule has 0 radical (unpaired) electrons. The number of para-hydroxylation sites is 1. The second kappa shape index (κ2) is 5.19. The van der Waals surface area contributed by atoms with Crippen molar-refractivity contribution in [1.82, 2.24) is 5.32 Å². The van der Waals surface area contributed by atoms with Crippen molar-refractivity contribution < 1.29 is 14.8 Å². The highest BCUT2D eigenvalue weighted by Crippen LogP contribution is 2.38. The Morgan fingerprint density at radius 1 is 1.23 bits per heavy atom. The van der Waals surface area contributed by atoms with Crippen molar-refractivity contribution in [2.75, 3.05) is 5.32 Å². The molecule has 8 heteroatoms. The Kier molecular flexibility index (Phi) is 3.34. The fourth-order valence-electron chi connectivity index (χ4n) is 2.33. The van der Waals surface area contributed by atoms with Gasteiger partial charge in [0, 0.05) is 22.3 Å². The maximum Gasteiger partial charge on any atom is 0.312 e. The molecule has 1 heterocycles. The van der Waals surface area contributed by atoms with Gasteiger partial charge in [-0.3, -0.25) is 14.9 Å². The first-order valence-corrected chi connectivity index (χ1v) is 6.68. The molecule has 2 aromatic rings. The highest BCUT2D eigenvalue weighted by Gasteiger charge is 2.29. The molecular formula is C14H10ClN3O4. The van der Waals surface area contributed by atoms with Crippen molar-refractivity contribution in [1.29, 1.82) is 0 Å². The van der Waals surface area contributed by atoms with Crippen LogP contribution in [0.4, 0.5) is 11.4 Å². The van der Waals surface area contributed by atoms with Gasteiger partial charge >= 0.3 is 5.69 Å². The third-order valence-corrected chi connectivity index (χ3v) is 3.56. The molecule has 0 saturated carbocycles. The number of phenols is 1. The van der Waals surface area contributed by atoms with Gasteiger partial charge in [0.05, 0.1) is 10.5 Å². The van der Waals surface area contributed by atoms with Crippen molar-refractivity contribution in [3.63, 3.8) is 0 Å². The molecule has 0 spiro atoms. The number of benzene rings is 2. The molecule has 3 rings (SSSR count). The Hall–Kier alpha value is -2.80. The number of amides is 1. The zero-order valence-electron chi connectivity index (χ0n) is 11.0. The molecule has 112 valence electrons. The van der Waals surface area contributed by atoms with Crippen molar-refractivity contribution >= 4 is 28.9 Å². The van der Waals surface area contributed by atoms with Crippen LogP contribution in [0.15, 0.2) is 36.4 Å². The molecular weight excluding hydrogens is 310 g/mol. The number of carbonyl (C=O) groups excluding carboxylic acids is 1. The lowest BCUT2D eigenvalue weighted by Gasteiger charge is -2.28. The monoisotopic (exact) mass is 319 g/mol. The summed E-state index contributed by atoms with van der Waals surface area (Å²) < 4.78 is 0. The first-order chi connectivity index (χ1) is 10.5. The Morgan fingerprint density at radius 2 is 1.95 bits per heavy atom. The van der Waals surface area contributed by atoms with Crippen LogP contribution in [0.25, 0.3) is 0 Å². The van der Waals surface area contributed by atoms with E-state index in [1.807, 2.05) is 0 Å². The molecule has 1 amide bonds. The number of nitrogens with one attached hydrogen (secondary N) is 2. The number of anilines is 1. The number of carbonyl (C=O) groups is 1. The number of halogens is 1. The van der Waals surface area contributed by atoms with E-state index in [1.165, 1.54) is 6.07 Å². The summed E-state index contributed by atoms with van der Waals surface area (Å²) in [6.07, 6.45) is -0.820. The molecule has 1 atom stereocenters. The fourth-order valence-corrected chi connectivity index (χ4v) is 2.55. The number of fused-ring (bicyclic) bond motifs is 1. The first kappa shape index (κ1) is 14.2. The van der Waals surface area contributed by atoms with E-state index in [-0.39, 0.29) is 16.5 Å². The second-order valence-corrected chi connectivity index (χ2v) is 5.15. The summed E-state index contributed by atoms with van der Waals surface area (Å²) in [5.41, 5.74) is 0.632. The standard InChI is InChI=1S/C14H10ClN3O4/c15-7-5-9(12(19)11(6-7)18(21)22)13-16-10-4-2-1-3-8(10)14(20)17-13/h1-6,13,16,19H,(H,17,20)/t13-/m1/s1. The van der Waals surface area contributed by atoms with Crippen LogP contribution >= 0.6 is 11.6 Å². The van der Waals surface area contributed by atoms with E-state index < -0.39 is 22.5 Å². The molecule has 0 aliphatic carbocycles. The van der Waals surface area contributed by atoms with E-state index in [9.17, 15) is 20.0 Å². The molecule has 3 N–H and O–H groups in total. The number of nitrogens with zero attached hydrogens (tertiary/aromatic N) is 1. The highest BCUT2D eigenvalue weighted by molar-refractivity contribution is 6.31. The van der Waals surface area contributed by atoms with Crippen LogP contribution in [0.1, 0.15) is 22.1 Å².